The van der Waals surface area contributed by atoms with Crippen molar-refractivity contribution in [3.8, 4) is 11.5 Å². The van der Waals surface area contributed by atoms with Gasteiger partial charge < -0.3 is 15.1 Å². The van der Waals surface area contributed by atoms with Crippen molar-refractivity contribution in [1.29, 1.82) is 0 Å². The van der Waals surface area contributed by atoms with Crippen LogP contribution in [0.25, 0.3) is 0 Å². The number of hydrogen-bond acceptors (Lipinski definition) is 4. The number of aromatic hydroxyl groups is 1. The summed E-state index contributed by atoms with van der Waals surface area (Å²) in [5, 5.41) is 21.6. The molecule has 2 N–H and O–H groups in total. The van der Waals surface area contributed by atoms with Gasteiger partial charge in [0.2, 0.25) is 0 Å². The lowest BCUT2D eigenvalue weighted by molar-refractivity contribution is 0.312. The van der Waals surface area contributed by atoms with E-state index in [1.807, 2.05) is 6.07 Å². The Hall–Kier alpha value is -1.71. The minimum Gasteiger partial charge on any atom is -0.508 e. The van der Waals surface area contributed by atoms with Crippen LogP contribution in [0.3, 0.4) is 0 Å². The largest absolute Gasteiger partial charge is 0.508 e. The first-order valence-electron chi connectivity index (χ1n) is 5.81. The zero-order chi connectivity index (χ0) is 12.3. The van der Waals surface area contributed by atoms with Crippen LogP contribution in [0.15, 0.2) is 23.4 Å². The summed E-state index contributed by atoms with van der Waals surface area (Å²) in [5.41, 5.74) is 1.92. The molecule has 0 bridgehead atoms. The van der Waals surface area contributed by atoms with Crippen LogP contribution in [-0.4, -0.2) is 23.1 Å². The van der Waals surface area contributed by atoms with Crippen molar-refractivity contribution in [2.24, 2.45) is 5.16 Å². The van der Waals surface area contributed by atoms with Gasteiger partial charge in [-0.25, -0.2) is 0 Å². The van der Waals surface area contributed by atoms with Crippen LogP contribution < -0.4 is 4.74 Å². The molecule has 4 heteroatoms. The molecule has 0 aromatic heterocycles. The number of phenolic OH excluding ortho intramolecular Hbond substituents is 1. The van der Waals surface area contributed by atoms with Crippen molar-refractivity contribution in [2.45, 2.75) is 31.6 Å². The first kappa shape index (κ1) is 11.8. The molecule has 1 aromatic carbocycles. The Balaban J connectivity index is 2.27. The summed E-state index contributed by atoms with van der Waals surface area (Å²) in [6, 6.07) is 5.18. The van der Waals surface area contributed by atoms with Gasteiger partial charge in [-0.3, -0.25) is 0 Å². The van der Waals surface area contributed by atoms with Crippen LogP contribution in [0.5, 0.6) is 11.5 Å². The number of ether oxygens (including phenoxy) is 1. The van der Waals surface area contributed by atoms with E-state index >= 15 is 0 Å². The van der Waals surface area contributed by atoms with E-state index in [1.54, 1.807) is 19.2 Å². The van der Waals surface area contributed by atoms with E-state index < -0.39 is 0 Å². The molecule has 2 rings (SSSR count). The lowest BCUT2D eigenvalue weighted by Gasteiger charge is -2.24. The van der Waals surface area contributed by atoms with Crippen molar-refractivity contribution in [3.05, 3.63) is 23.8 Å². The summed E-state index contributed by atoms with van der Waals surface area (Å²) >= 11 is 0. The van der Waals surface area contributed by atoms with Gasteiger partial charge >= 0.3 is 0 Å². The molecule has 92 valence electrons. The second kappa shape index (κ2) is 5.08. The molecule has 4 nitrogen and oxygen atoms in total. The molecule has 1 saturated carbocycles. The average Bonchev–Trinajstić information content (AvgIpc) is 2.38. The first-order chi connectivity index (χ1) is 8.24. The number of benzene rings is 1. The molecule has 0 radical (unpaired) electrons. The van der Waals surface area contributed by atoms with Gasteiger partial charge in [-0.1, -0.05) is 11.2 Å². The second-order valence-electron chi connectivity index (χ2n) is 4.39. The second-order valence-corrected chi connectivity index (χ2v) is 4.39. The van der Waals surface area contributed by atoms with Gasteiger partial charge in [-0.2, -0.15) is 0 Å². The van der Waals surface area contributed by atoms with E-state index in [0.29, 0.717) is 11.7 Å². The van der Waals surface area contributed by atoms with Crippen LogP contribution >= 0.6 is 0 Å². The molecule has 0 aliphatic heterocycles. The Morgan fingerprint density at radius 3 is 2.94 bits per heavy atom. The maximum Gasteiger partial charge on any atom is 0.126 e. The van der Waals surface area contributed by atoms with Crippen LogP contribution in [0.4, 0.5) is 0 Å². The highest BCUT2D eigenvalue weighted by Crippen LogP contribution is 2.37. The highest BCUT2D eigenvalue weighted by Gasteiger charge is 2.23. The topological polar surface area (TPSA) is 62.0 Å². The van der Waals surface area contributed by atoms with E-state index in [2.05, 4.69) is 5.16 Å². The van der Waals surface area contributed by atoms with Crippen molar-refractivity contribution < 1.29 is 15.1 Å². The van der Waals surface area contributed by atoms with Crippen molar-refractivity contribution in [1.82, 2.24) is 0 Å². The maximum atomic E-state index is 9.42. The molecule has 1 aromatic rings. The van der Waals surface area contributed by atoms with E-state index in [4.69, 9.17) is 9.94 Å². The third kappa shape index (κ3) is 2.52. The minimum absolute atomic E-state index is 0.206. The standard InChI is InChI=1S/C13H17NO3/c1-17-13-8-11(15)5-6-12(13)9-3-2-4-10(7-9)14-16/h5-6,8-9,15-16H,2-4,7H2,1H3. The van der Waals surface area contributed by atoms with E-state index in [-0.39, 0.29) is 5.75 Å². The van der Waals surface area contributed by atoms with Crippen LogP contribution in [0, 0.1) is 0 Å². The molecular weight excluding hydrogens is 218 g/mol. The summed E-state index contributed by atoms with van der Waals surface area (Å²) in [5.74, 6) is 1.22. The molecule has 0 amide bonds. The van der Waals surface area contributed by atoms with Crippen molar-refractivity contribution >= 4 is 5.71 Å². The van der Waals surface area contributed by atoms with Crippen molar-refractivity contribution in [3.63, 3.8) is 0 Å². The summed E-state index contributed by atoms with van der Waals surface area (Å²) in [6.07, 6.45) is 3.71. The number of rotatable bonds is 2. The van der Waals surface area contributed by atoms with Crippen LogP contribution in [0.1, 0.15) is 37.2 Å². The van der Waals surface area contributed by atoms with E-state index in [0.717, 1.165) is 37.0 Å². The highest BCUT2D eigenvalue weighted by atomic mass is 16.5. The Labute approximate surface area is 101 Å². The number of oxime groups is 1. The smallest absolute Gasteiger partial charge is 0.126 e. The van der Waals surface area contributed by atoms with Gasteiger partial charge in [0.1, 0.15) is 11.5 Å². The number of methoxy groups -OCH3 is 1. The molecule has 1 aliphatic rings. The van der Waals surface area contributed by atoms with Crippen LogP contribution in [-0.2, 0) is 0 Å². The monoisotopic (exact) mass is 235 g/mol. The fraction of sp³-hybridized carbons (Fsp3) is 0.462. The van der Waals surface area contributed by atoms with Crippen molar-refractivity contribution in [2.75, 3.05) is 7.11 Å². The van der Waals surface area contributed by atoms with E-state index in [9.17, 15) is 5.11 Å². The van der Waals surface area contributed by atoms with Gasteiger partial charge in [0.15, 0.2) is 0 Å². The number of nitrogens with zero attached hydrogens (tertiary/aromatic N) is 1. The SMILES string of the molecule is COc1cc(O)ccc1C1CCCC(=NO)C1. The summed E-state index contributed by atoms with van der Waals surface area (Å²) in [6.45, 7) is 0. The van der Waals surface area contributed by atoms with Gasteiger partial charge in [-0.05, 0) is 43.2 Å². The van der Waals surface area contributed by atoms with Gasteiger partial charge in [-0.15, -0.1) is 0 Å². The zero-order valence-corrected chi connectivity index (χ0v) is 9.89. The Kier molecular flexibility index (Phi) is 3.52. The highest BCUT2D eigenvalue weighted by molar-refractivity contribution is 5.85. The molecule has 1 aliphatic carbocycles. The summed E-state index contributed by atoms with van der Waals surface area (Å²) in [4.78, 5) is 0. The Morgan fingerprint density at radius 2 is 2.24 bits per heavy atom. The van der Waals surface area contributed by atoms with Gasteiger partial charge in [0.05, 0.1) is 12.8 Å². The summed E-state index contributed by atoms with van der Waals surface area (Å²) in [7, 11) is 1.60. The quantitative estimate of drug-likeness (QED) is 0.612. The fourth-order valence-corrected chi connectivity index (χ4v) is 2.43. The van der Waals surface area contributed by atoms with Crippen LogP contribution in [0.2, 0.25) is 0 Å². The lowest BCUT2D eigenvalue weighted by atomic mass is 9.82. The number of phenols is 1. The van der Waals surface area contributed by atoms with E-state index in [1.165, 1.54) is 0 Å². The van der Waals surface area contributed by atoms with Gasteiger partial charge in [0, 0.05) is 6.07 Å². The molecule has 0 saturated heterocycles. The molecule has 1 unspecified atom stereocenters. The molecule has 0 spiro atoms. The first-order valence-corrected chi connectivity index (χ1v) is 5.81. The molecule has 1 atom stereocenters. The Bertz CT molecular complexity index is 429. The predicted octanol–water partition coefficient (Wildman–Crippen LogP) is 2.89. The molecule has 0 heterocycles. The number of hydrogen-bond donors (Lipinski definition) is 2. The molecule has 17 heavy (non-hydrogen) atoms. The zero-order valence-electron chi connectivity index (χ0n) is 9.89. The third-order valence-electron chi connectivity index (χ3n) is 3.30. The molecular formula is C13H17NO3. The third-order valence-corrected chi connectivity index (χ3v) is 3.30. The lowest BCUT2D eigenvalue weighted by Crippen LogP contribution is -2.14. The maximum absolute atomic E-state index is 9.42. The summed E-state index contributed by atoms with van der Waals surface area (Å²) < 4.78 is 5.29. The fourth-order valence-electron chi connectivity index (χ4n) is 2.43. The Morgan fingerprint density at radius 1 is 1.41 bits per heavy atom. The average molecular weight is 235 g/mol. The predicted molar refractivity (Wildman–Crippen MR) is 65.1 cm³/mol. The molecule has 1 fully saturated rings. The van der Waals surface area contributed by atoms with Gasteiger partial charge in [0.25, 0.3) is 0 Å². The normalized spacial score (nSPS) is 22.6. The minimum atomic E-state index is 0.206.